The van der Waals surface area contributed by atoms with Gasteiger partial charge in [0.1, 0.15) is 16.8 Å². The number of thioether (sulfide) groups is 1. The summed E-state index contributed by atoms with van der Waals surface area (Å²) in [6.45, 7) is -0.505. The molecule has 3 aromatic carbocycles. The predicted molar refractivity (Wildman–Crippen MR) is 168 cm³/mol. The van der Waals surface area contributed by atoms with Crippen LogP contribution in [0.1, 0.15) is 32.7 Å². The fourth-order valence-corrected chi connectivity index (χ4v) is 5.87. The summed E-state index contributed by atoms with van der Waals surface area (Å²) >= 11 is 1.05. The number of pyridine rings is 1. The number of ketones is 1. The lowest BCUT2D eigenvalue weighted by atomic mass is 10.1. The Bertz CT molecular complexity index is 1870. The summed E-state index contributed by atoms with van der Waals surface area (Å²) in [7, 11) is 4.47. The highest BCUT2D eigenvalue weighted by atomic mass is 32.2. The molecule has 46 heavy (non-hydrogen) atoms. The number of carbonyl (C=O) groups is 4. The number of amides is 2. The van der Waals surface area contributed by atoms with Crippen LogP contribution < -0.4 is 19.1 Å². The van der Waals surface area contributed by atoms with Crippen LogP contribution in [0.4, 0.5) is 5.69 Å². The normalized spacial score (nSPS) is 14.0. The number of para-hydroxylation sites is 1. The molecule has 1 aromatic heterocycles. The van der Waals surface area contributed by atoms with Gasteiger partial charge in [0.25, 0.3) is 0 Å². The quantitative estimate of drug-likeness (QED) is 0.123. The van der Waals surface area contributed by atoms with Crippen molar-refractivity contribution in [3.63, 3.8) is 0 Å². The molecule has 1 saturated heterocycles. The molecule has 5 rings (SSSR count). The zero-order valence-corrected chi connectivity index (χ0v) is 25.8. The molecule has 232 valence electrons. The summed E-state index contributed by atoms with van der Waals surface area (Å²) in [5.41, 5.74) is 2.23. The first-order valence-corrected chi connectivity index (χ1v) is 14.8. The van der Waals surface area contributed by atoms with E-state index in [0.29, 0.717) is 28.0 Å². The highest BCUT2D eigenvalue weighted by molar-refractivity contribution is 8.00. The van der Waals surface area contributed by atoms with Crippen molar-refractivity contribution in [3.8, 4) is 34.6 Å². The van der Waals surface area contributed by atoms with E-state index in [1.54, 1.807) is 31.4 Å². The molecule has 11 nitrogen and oxygen atoms in total. The molecule has 0 radical (unpaired) electrons. The number of ether oxygens (including phenoxy) is 4. The van der Waals surface area contributed by atoms with Crippen molar-refractivity contribution in [3.05, 3.63) is 95.6 Å². The predicted octanol–water partition coefficient (Wildman–Crippen LogP) is 5.11. The molecular formula is C34H27N3O8S. The zero-order valence-electron chi connectivity index (χ0n) is 25.0. The third-order valence-electron chi connectivity index (χ3n) is 7.12. The Morgan fingerprint density at radius 1 is 0.891 bits per heavy atom. The van der Waals surface area contributed by atoms with E-state index >= 15 is 0 Å². The van der Waals surface area contributed by atoms with Gasteiger partial charge in [-0.3, -0.25) is 14.4 Å². The monoisotopic (exact) mass is 637 g/mol. The van der Waals surface area contributed by atoms with Gasteiger partial charge >= 0.3 is 5.97 Å². The van der Waals surface area contributed by atoms with Gasteiger partial charge in [-0.05, 0) is 66.7 Å². The number of carbonyl (C=O) groups excluding carboxylic acids is 4. The number of anilines is 1. The van der Waals surface area contributed by atoms with E-state index in [1.807, 2.05) is 18.2 Å². The number of hydrogen-bond acceptors (Lipinski definition) is 11. The molecule has 0 spiro atoms. The highest BCUT2D eigenvalue weighted by Crippen LogP contribution is 2.37. The Hall–Kier alpha value is -5.67. The zero-order chi connectivity index (χ0) is 32.8. The molecule has 2 heterocycles. The van der Waals surface area contributed by atoms with E-state index in [2.05, 4.69) is 11.1 Å². The van der Waals surface area contributed by atoms with E-state index in [4.69, 9.17) is 18.9 Å². The van der Waals surface area contributed by atoms with Crippen LogP contribution >= 0.6 is 11.8 Å². The van der Waals surface area contributed by atoms with Gasteiger partial charge in [-0.1, -0.05) is 23.9 Å². The van der Waals surface area contributed by atoms with Gasteiger partial charge in [0.2, 0.25) is 11.8 Å². The summed E-state index contributed by atoms with van der Waals surface area (Å²) in [5.74, 6) is -0.672. The number of methoxy groups -OCH3 is 3. The minimum absolute atomic E-state index is 0.100. The maximum atomic E-state index is 13.4. The molecule has 1 fully saturated rings. The lowest BCUT2D eigenvalue weighted by Gasteiger charge is -2.16. The van der Waals surface area contributed by atoms with Gasteiger partial charge in [0.05, 0.1) is 49.1 Å². The van der Waals surface area contributed by atoms with Crippen molar-refractivity contribution in [1.29, 1.82) is 5.26 Å². The van der Waals surface area contributed by atoms with Gasteiger partial charge < -0.3 is 18.9 Å². The number of hydrogen-bond donors (Lipinski definition) is 0. The van der Waals surface area contributed by atoms with E-state index in [0.717, 1.165) is 22.2 Å². The van der Waals surface area contributed by atoms with Crippen LogP contribution in [0.3, 0.4) is 0 Å². The standard InChI is InChI=1S/C34H27N3O8S/c1-42-27-7-5-4-6-24(27)25-14-10-22(18-35)32(36-25)46-30-17-31(39)37(33(30)40)23-12-8-20(9-13-23)34(41)45-19-26(38)21-11-15-28(43-2)29(16-21)44-3/h4-16,30H,17,19H2,1-3H3. The summed E-state index contributed by atoms with van der Waals surface area (Å²) in [5, 5.41) is 9.19. The molecule has 0 saturated carbocycles. The van der Waals surface area contributed by atoms with Crippen molar-refractivity contribution < 1.29 is 38.1 Å². The van der Waals surface area contributed by atoms with E-state index < -0.39 is 35.4 Å². The van der Waals surface area contributed by atoms with Crippen LogP contribution in [0, 0.1) is 11.3 Å². The summed E-state index contributed by atoms with van der Waals surface area (Å²) in [6, 6.07) is 23.1. The Morgan fingerprint density at radius 3 is 2.28 bits per heavy atom. The van der Waals surface area contributed by atoms with Gasteiger partial charge in [-0.2, -0.15) is 5.26 Å². The van der Waals surface area contributed by atoms with Gasteiger partial charge in [-0.15, -0.1) is 0 Å². The van der Waals surface area contributed by atoms with Crippen LogP contribution in [0.15, 0.2) is 83.9 Å². The maximum absolute atomic E-state index is 13.4. The third-order valence-corrected chi connectivity index (χ3v) is 8.31. The number of nitriles is 1. The van der Waals surface area contributed by atoms with Crippen molar-refractivity contribution in [2.24, 2.45) is 0 Å². The van der Waals surface area contributed by atoms with E-state index in [-0.39, 0.29) is 28.8 Å². The minimum atomic E-state index is -0.813. The van der Waals surface area contributed by atoms with Gasteiger partial charge in [-0.25, -0.2) is 14.7 Å². The second kappa shape index (κ2) is 14.0. The molecule has 1 atom stereocenters. The second-order valence-electron chi connectivity index (χ2n) is 9.86. The van der Waals surface area contributed by atoms with Crippen LogP contribution in [0.5, 0.6) is 17.2 Å². The molecule has 12 heteroatoms. The van der Waals surface area contributed by atoms with Crippen molar-refractivity contribution in [2.75, 3.05) is 32.8 Å². The Labute approximate surface area is 268 Å². The number of aromatic nitrogens is 1. The summed E-state index contributed by atoms with van der Waals surface area (Å²) in [4.78, 5) is 57.3. The SMILES string of the molecule is COc1ccc(C(=O)COC(=O)c2ccc(N3C(=O)CC(Sc4nc(-c5ccccc5OC)ccc4C#N)C3=O)cc2)cc1OC. The van der Waals surface area contributed by atoms with Crippen LogP contribution in [0.25, 0.3) is 11.3 Å². The average molecular weight is 638 g/mol. The molecule has 0 aliphatic carbocycles. The smallest absolute Gasteiger partial charge is 0.338 e. The lowest BCUT2D eigenvalue weighted by molar-refractivity contribution is -0.121. The molecule has 1 aliphatic heterocycles. The Kier molecular flexibility index (Phi) is 9.64. The average Bonchev–Trinajstić information content (AvgIpc) is 3.37. The largest absolute Gasteiger partial charge is 0.496 e. The van der Waals surface area contributed by atoms with Crippen molar-refractivity contribution in [2.45, 2.75) is 16.7 Å². The lowest BCUT2D eigenvalue weighted by Crippen LogP contribution is -2.31. The molecule has 1 aliphatic rings. The molecule has 0 N–H and O–H groups in total. The molecule has 4 aromatic rings. The fraction of sp³-hybridized carbons (Fsp3) is 0.176. The molecule has 2 amide bonds. The van der Waals surface area contributed by atoms with Crippen molar-refractivity contribution >= 4 is 41.0 Å². The van der Waals surface area contributed by atoms with E-state index in [9.17, 15) is 24.4 Å². The number of imide groups is 1. The molecular weight excluding hydrogens is 610 g/mol. The number of Topliss-reactive ketones (excluding diaryl/α,β-unsaturated/α-hetero) is 1. The third kappa shape index (κ3) is 6.55. The first-order chi connectivity index (χ1) is 22.3. The fourth-order valence-electron chi connectivity index (χ4n) is 4.78. The van der Waals surface area contributed by atoms with Gasteiger partial charge in [0, 0.05) is 17.5 Å². The van der Waals surface area contributed by atoms with Crippen molar-refractivity contribution in [1.82, 2.24) is 4.98 Å². The maximum Gasteiger partial charge on any atom is 0.338 e. The Morgan fingerprint density at radius 2 is 1.59 bits per heavy atom. The number of esters is 1. The van der Waals surface area contributed by atoms with Gasteiger partial charge in [0.15, 0.2) is 23.9 Å². The molecule has 0 bridgehead atoms. The second-order valence-corrected chi connectivity index (χ2v) is 11.0. The topological polar surface area (TPSA) is 145 Å². The summed E-state index contributed by atoms with van der Waals surface area (Å²) in [6.07, 6.45) is -0.100. The number of rotatable bonds is 11. The molecule has 1 unspecified atom stereocenters. The summed E-state index contributed by atoms with van der Waals surface area (Å²) < 4.78 is 21.0. The highest BCUT2D eigenvalue weighted by Gasteiger charge is 2.41. The van der Waals surface area contributed by atoms with Crippen LogP contribution in [-0.4, -0.2) is 61.7 Å². The first-order valence-electron chi connectivity index (χ1n) is 13.9. The van der Waals surface area contributed by atoms with E-state index in [1.165, 1.54) is 50.6 Å². The first kappa shape index (κ1) is 31.7. The number of benzene rings is 3. The Balaban J connectivity index is 1.25. The van der Waals surface area contributed by atoms with Crippen LogP contribution in [0.2, 0.25) is 0 Å². The number of nitrogens with zero attached hydrogens (tertiary/aromatic N) is 3. The van der Waals surface area contributed by atoms with Crippen LogP contribution in [-0.2, 0) is 14.3 Å². The minimum Gasteiger partial charge on any atom is -0.496 e.